The van der Waals surface area contributed by atoms with E-state index in [1.54, 1.807) is 38.2 Å². The first kappa shape index (κ1) is 25.5. The van der Waals surface area contributed by atoms with Crippen LogP contribution in [0.15, 0.2) is 24.3 Å². The fraction of sp³-hybridized carbons (Fsp3) is 0.778. The highest BCUT2D eigenvalue weighted by atomic mass is 16.3. The second kappa shape index (κ2) is 15.7. The Kier molecular flexibility index (Phi) is 16.7. The molecule has 24 heavy (non-hydrogen) atoms. The van der Waals surface area contributed by atoms with Gasteiger partial charge in [-0.05, 0) is 38.5 Å². The molecule has 0 aliphatic rings. The van der Waals surface area contributed by atoms with Crippen LogP contribution in [0.25, 0.3) is 0 Å². The van der Waals surface area contributed by atoms with E-state index in [-0.39, 0.29) is 37.3 Å². The minimum Gasteiger partial charge on any atom is -0.393 e. The average molecular weight is 348 g/mol. The number of hydrogen-bond donors (Lipinski definition) is 6. The summed E-state index contributed by atoms with van der Waals surface area (Å²) in [4.78, 5) is 0. The fourth-order valence-electron chi connectivity index (χ4n) is 1.42. The van der Waals surface area contributed by atoms with E-state index in [0.717, 1.165) is 0 Å². The van der Waals surface area contributed by atoms with Gasteiger partial charge in [-0.25, -0.2) is 0 Å². The molecule has 0 aromatic heterocycles. The molecule has 0 bridgehead atoms. The summed E-state index contributed by atoms with van der Waals surface area (Å²) in [6, 6.07) is 0. The molecular formula is C18H36O6. The third kappa shape index (κ3) is 16.1. The van der Waals surface area contributed by atoms with Gasteiger partial charge in [-0.2, -0.15) is 0 Å². The Bertz CT molecular complexity index is 295. The van der Waals surface area contributed by atoms with Gasteiger partial charge in [0.05, 0.1) is 37.6 Å². The summed E-state index contributed by atoms with van der Waals surface area (Å²) >= 11 is 0. The molecule has 0 saturated heterocycles. The van der Waals surface area contributed by atoms with Crippen molar-refractivity contribution < 1.29 is 30.6 Å². The highest BCUT2D eigenvalue weighted by molar-refractivity contribution is 4.90. The van der Waals surface area contributed by atoms with Gasteiger partial charge in [0.2, 0.25) is 0 Å². The molecular weight excluding hydrogens is 312 g/mol. The van der Waals surface area contributed by atoms with Crippen LogP contribution in [-0.4, -0.2) is 68.3 Å². The molecule has 6 heteroatoms. The molecule has 144 valence electrons. The lowest BCUT2D eigenvalue weighted by molar-refractivity contribution is 0.128. The van der Waals surface area contributed by atoms with Gasteiger partial charge < -0.3 is 30.6 Å². The Morgan fingerprint density at radius 3 is 1.12 bits per heavy atom. The van der Waals surface area contributed by atoms with E-state index in [0.29, 0.717) is 12.8 Å². The zero-order chi connectivity index (χ0) is 19.1. The molecule has 4 unspecified atom stereocenters. The van der Waals surface area contributed by atoms with E-state index in [1.165, 1.54) is 0 Å². The quantitative estimate of drug-likeness (QED) is 0.322. The topological polar surface area (TPSA) is 121 Å². The lowest BCUT2D eigenvalue weighted by atomic mass is 10.0. The predicted octanol–water partition coefficient (Wildman–Crippen LogP) is 0.606. The summed E-state index contributed by atoms with van der Waals surface area (Å²) in [7, 11) is 0. The van der Waals surface area contributed by atoms with Crippen molar-refractivity contribution >= 4 is 0 Å². The largest absolute Gasteiger partial charge is 0.393 e. The molecule has 0 saturated carbocycles. The Morgan fingerprint density at radius 2 is 0.917 bits per heavy atom. The van der Waals surface area contributed by atoms with Gasteiger partial charge in [0, 0.05) is 0 Å². The maximum Gasteiger partial charge on any atom is 0.0951 e. The van der Waals surface area contributed by atoms with E-state index in [4.69, 9.17) is 30.6 Å². The molecule has 0 spiro atoms. The Balaban J connectivity index is 0. The van der Waals surface area contributed by atoms with Crippen LogP contribution in [0, 0.1) is 11.8 Å². The molecule has 6 nitrogen and oxygen atoms in total. The van der Waals surface area contributed by atoms with Crippen LogP contribution in [-0.2, 0) is 0 Å². The van der Waals surface area contributed by atoms with Crippen molar-refractivity contribution in [2.75, 3.05) is 13.2 Å². The molecule has 0 heterocycles. The van der Waals surface area contributed by atoms with Gasteiger partial charge in [-0.1, -0.05) is 38.2 Å². The molecule has 0 aliphatic carbocycles. The van der Waals surface area contributed by atoms with Crippen LogP contribution >= 0.6 is 0 Å². The summed E-state index contributed by atoms with van der Waals surface area (Å²) in [6.07, 6.45) is 5.86. The Labute approximate surface area is 145 Å². The highest BCUT2D eigenvalue weighted by Gasteiger charge is 2.06. The zero-order valence-corrected chi connectivity index (χ0v) is 15.3. The molecule has 0 radical (unpaired) electrons. The van der Waals surface area contributed by atoms with Crippen LogP contribution in [0.2, 0.25) is 0 Å². The lowest BCUT2D eigenvalue weighted by Gasteiger charge is -2.11. The minimum atomic E-state index is -0.772. The van der Waals surface area contributed by atoms with Crippen LogP contribution in [0.3, 0.4) is 0 Å². The number of allylic oxidation sites excluding steroid dienone is 2. The van der Waals surface area contributed by atoms with Gasteiger partial charge in [-0.15, -0.1) is 0 Å². The molecule has 0 aromatic carbocycles. The normalized spacial score (nSPS) is 19.4. The monoisotopic (exact) mass is 348 g/mol. The van der Waals surface area contributed by atoms with Crippen LogP contribution < -0.4 is 0 Å². The van der Waals surface area contributed by atoms with Crippen molar-refractivity contribution in [2.45, 2.75) is 65.0 Å². The molecule has 0 aromatic rings. The van der Waals surface area contributed by atoms with E-state index >= 15 is 0 Å². The summed E-state index contributed by atoms with van der Waals surface area (Å²) in [5.74, 6) is 0.374. The van der Waals surface area contributed by atoms with Gasteiger partial charge in [0.15, 0.2) is 0 Å². The molecule has 6 atom stereocenters. The van der Waals surface area contributed by atoms with E-state index < -0.39 is 12.2 Å². The highest BCUT2D eigenvalue weighted by Crippen LogP contribution is 2.08. The first-order valence-corrected chi connectivity index (χ1v) is 8.42. The second-order valence-electron chi connectivity index (χ2n) is 6.26. The van der Waals surface area contributed by atoms with Crippen molar-refractivity contribution in [3.63, 3.8) is 0 Å². The zero-order valence-electron chi connectivity index (χ0n) is 15.3. The molecule has 0 fully saturated rings. The number of aliphatic hydroxyl groups excluding tert-OH is 6. The average Bonchev–Trinajstić information content (AvgIpc) is 2.54. The fourth-order valence-corrected chi connectivity index (χ4v) is 1.42. The number of hydrogen-bond acceptors (Lipinski definition) is 6. The smallest absolute Gasteiger partial charge is 0.0951 e. The van der Waals surface area contributed by atoms with E-state index in [2.05, 4.69) is 0 Å². The number of aliphatic hydroxyl groups is 6. The van der Waals surface area contributed by atoms with Crippen molar-refractivity contribution in [3.05, 3.63) is 24.3 Å². The van der Waals surface area contributed by atoms with Crippen LogP contribution in [0.1, 0.15) is 40.5 Å². The van der Waals surface area contributed by atoms with Gasteiger partial charge >= 0.3 is 0 Å². The first-order chi connectivity index (χ1) is 11.1. The van der Waals surface area contributed by atoms with E-state index in [9.17, 15) is 0 Å². The summed E-state index contributed by atoms with van der Waals surface area (Å²) in [5.41, 5.74) is 0. The molecule has 0 amide bonds. The molecule has 0 aliphatic heterocycles. The van der Waals surface area contributed by atoms with Gasteiger partial charge in [0.1, 0.15) is 0 Å². The second-order valence-corrected chi connectivity index (χ2v) is 6.26. The molecule has 6 N–H and O–H groups in total. The first-order valence-electron chi connectivity index (χ1n) is 8.42. The predicted molar refractivity (Wildman–Crippen MR) is 95.4 cm³/mol. The van der Waals surface area contributed by atoms with Gasteiger partial charge in [-0.3, -0.25) is 0 Å². The SMILES string of the molecule is CC(O)C(C)C/C=C/[C@@H](O)CO.CC(O)C(C)C/C=C/[C@H](O)CO. The Hall–Kier alpha value is -0.760. The van der Waals surface area contributed by atoms with Crippen molar-refractivity contribution in [3.8, 4) is 0 Å². The van der Waals surface area contributed by atoms with Crippen molar-refractivity contribution in [1.29, 1.82) is 0 Å². The number of rotatable bonds is 10. The maximum atomic E-state index is 9.10. The summed E-state index contributed by atoms with van der Waals surface area (Å²) < 4.78 is 0. The van der Waals surface area contributed by atoms with Crippen molar-refractivity contribution in [2.24, 2.45) is 11.8 Å². The maximum absolute atomic E-state index is 9.10. The van der Waals surface area contributed by atoms with Crippen molar-refractivity contribution in [1.82, 2.24) is 0 Å². The van der Waals surface area contributed by atoms with Crippen LogP contribution in [0.4, 0.5) is 0 Å². The van der Waals surface area contributed by atoms with E-state index in [1.807, 2.05) is 13.8 Å². The lowest BCUT2D eigenvalue weighted by Crippen LogP contribution is -2.12. The van der Waals surface area contributed by atoms with Crippen LogP contribution in [0.5, 0.6) is 0 Å². The third-order valence-electron chi connectivity index (χ3n) is 3.75. The minimum absolute atomic E-state index is 0.187. The standard InChI is InChI=1S/2C9H18O3/c2*1-7(8(2)11)4-3-5-9(12)6-10/h2*3,5,7-12H,4,6H2,1-2H3/b2*5-3+/t2*7?,8?,9-/m10/s1. The summed E-state index contributed by atoms with van der Waals surface area (Å²) in [5, 5.41) is 52.9. The summed E-state index contributed by atoms with van der Waals surface area (Å²) in [6.45, 7) is 6.84. The Morgan fingerprint density at radius 1 is 0.625 bits per heavy atom. The van der Waals surface area contributed by atoms with Gasteiger partial charge in [0.25, 0.3) is 0 Å². The molecule has 0 rings (SSSR count). The third-order valence-corrected chi connectivity index (χ3v) is 3.75.